The first-order chi connectivity index (χ1) is 6.82. The van der Waals surface area contributed by atoms with Gasteiger partial charge in [0.05, 0.1) is 18.1 Å². The molecular formula is C12H13NO. The Hall–Kier alpha value is -1.49. The van der Waals surface area contributed by atoms with Gasteiger partial charge in [-0.2, -0.15) is 5.26 Å². The first-order valence-corrected chi connectivity index (χ1v) is 4.96. The highest BCUT2D eigenvalue weighted by molar-refractivity contribution is 5.47. The molecule has 2 rings (SSSR count). The lowest BCUT2D eigenvalue weighted by Crippen LogP contribution is -2.06. The molecule has 0 aromatic heterocycles. The van der Waals surface area contributed by atoms with Gasteiger partial charge < -0.3 is 4.74 Å². The molecule has 1 saturated carbocycles. The van der Waals surface area contributed by atoms with Crippen molar-refractivity contribution in [3.63, 3.8) is 0 Å². The van der Waals surface area contributed by atoms with Crippen LogP contribution >= 0.6 is 0 Å². The third-order valence-corrected chi connectivity index (χ3v) is 2.67. The van der Waals surface area contributed by atoms with Crippen molar-refractivity contribution in [1.29, 1.82) is 5.26 Å². The number of rotatable bonds is 3. The van der Waals surface area contributed by atoms with Gasteiger partial charge in [-0.15, -0.1) is 0 Å². The van der Waals surface area contributed by atoms with Gasteiger partial charge in [0.2, 0.25) is 0 Å². The van der Waals surface area contributed by atoms with Gasteiger partial charge in [0.25, 0.3) is 0 Å². The zero-order chi connectivity index (χ0) is 10.0. The summed E-state index contributed by atoms with van der Waals surface area (Å²) in [6.07, 6.45) is 1.93. The van der Waals surface area contributed by atoms with E-state index in [-0.39, 0.29) is 5.41 Å². The average Bonchev–Trinajstić information content (AvgIpc) is 3.00. The first-order valence-electron chi connectivity index (χ1n) is 4.96. The fourth-order valence-corrected chi connectivity index (χ4v) is 1.71. The minimum atomic E-state index is -0.244. The molecule has 0 heterocycles. The van der Waals surface area contributed by atoms with Crippen LogP contribution in [0.15, 0.2) is 24.3 Å². The number of hydrogen-bond donors (Lipinski definition) is 0. The summed E-state index contributed by atoms with van der Waals surface area (Å²) in [5.41, 5.74) is 0.815. The highest BCUT2D eigenvalue weighted by atomic mass is 16.5. The molecule has 1 aliphatic rings. The zero-order valence-corrected chi connectivity index (χ0v) is 8.29. The number of para-hydroxylation sites is 1. The third-order valence-electron chi connectivity index (χ3n) is 2.67. The van der Waals surface area contributed by atoms with E-state index in [0.29, 0.717) is 6.61 Å². The molecule has 1 aromatic rings. The van der Waals surface area contributed by atoms with Crippen LogP contribution in [0.25, 0.3) is 0 Å². The normalized spacial score (nSPS) is 17.1. The van der Waals surface area contributed by atoms with Gasteiger partial charge in [0.15, 0.2) is 0 Å². The zero-order valence-electron chi connectivity index (χ0n) is 8.29. The summed E-state index contributed by atoms with van der Waals surface area (Å²) >= 11 is 0. The van der Waals surface area contributed by atoms with E-state index >= 15 is 0 Å². The van der Waals surface area contributed by atoms with E-state index in [9.17, 15) is 0 Å². The standard InChI is InChI=1S/C12H13NO/c1-2-14-11-6-4-3-5-10(11)12(9-13)7-8-12/h3-6H,2,7-8H2,1H3. The van der Waals surface area contributed by atoms with Gasteiger partial charge >= 0.3 is 0 Å². The van der Waals surface area contributed by atoms with Crippen molar-refractivity contribution < 1.29 is 4.74 Å². The van der Waals surface area contributed by atoms with E-state index in [1.54, 1.807) is 0 Å². The highest BCUT2D eigenvalue weighted by Crippen LogP contribution is 2.50. The molecule has 0 saturated heterocycles. The molecule has 1 aromatic carbocycles. The van der Waals surface area contributed by atoms with Gasteiger partial charge in [-0.05, 0) is 25.8 Å². The van der Waals surface area contributed by atoms with Crippen molar-refractivity contribution in [3.05, 3.63) is 29.8 Å². The largest absolute Gasteiger partial charge is 0.494 e. The second kappa shape index (κ2) is 3.34. The summed E-state index contributed by atoms with van der Waals surface area (Å²) in [7, 11) is 0. The Labute approximate surface area is 84.1 Å². The van der Waals surface area contributed by atoms with Crippen LogP contribution in [0.1, 0.15) is 25.3 Å². The van der Waals surface area contributed by atoms with E-state index in [0.717, 1.165) is 24.2 Å². The van der Waals surface area contributed by atoms with Gasteiger partial charge in [0, 0.05) is 5.56 Å². The quantitative estimate of drug-likeness (QED) is 0.728. The van der Waals surface area contributed by atoms with Gasteiger partial charge in [-0.3, -0.25) is 0 Å². The Morgan fingerprint density at radius 1 is 1.43 bits per heavy atom. The van der Waals surface area contributed by atoms with Crippen LogP contribution in [0, 0.1) is 11.3 Å². The Morgan fingerprint density at radius 2 is 2.14 bits per heavy atom. The van der Waals surface area contributed by atoms with E-state index in [2.05, 4.69) is 6.07 Å². The van der Waals surface area contributed by atoms with Crippen molar-refractivity contribution in [2.24, 2.45) is 0 Å². The molecule has 1 fully saturated rings. The number of hydrogen-bond acceptors (Lipinski definition) is 2. The topological polar surface area (TPSA) is 33.0 Å². The van der Waals surface area contributed by atoms with Gasteiger partial charge in [0.1, 0.15) is 5.75 Å². The van der Waals surface area contributed by atoms with Crippen LogP contribution in [0.2, 0.25) is 0 Å². The maximum atomic E-state index is 9.10. The molecule has 0 atom stereocenters. The predicted octanol–water partition coefficient (Wildman–Crippen LogP) is 2.64. The molecule has 2 nitrogen and oxygen atoms in total. The summed E-state index contributed by atoms with van der Waals surface area (Å²) in [5.74, 6) is 0.869. The van der Waals surface area contributed by atoms with Crippen LogP contribution in [0.3, 0.4) is 0 Å². The smallest absolute Gasteiger partial charge is 0.124 e. The summed E-state index contributed by atoms with van der Waals surface area (Å²) in [4.78, 5) is 0. The molecule has 0 N–H and O–H groups in total. The fourth-order valence-electron chi connectivity index (χ4n) is 1.71. The number of benzene rings is 1. The van der Waals surface area contributed by atoms with Crippen LogP contribution in [0.4, 0.5) is 0 Å². The van der Waals surface area contributed by atoms with E-state index in [1.165, 1.54) is 0 Å². The third kappa shape index (κ3) is 1.35. The fraction of sp³-hybridized carbons (Fsp3) is 0.417. The van der Waals surface area contributed by atoms with Crippen LogP contribution in [-0.4, -0.2) is 6.61 Å². The van der Waals surface area contributed by atoms with E-state index in [4.69, 9.17) is 10.00 Å². The average molecular weight is 187 g/mol. The molecular weight excluding hydrogens is 174 g/mol. The predicted molar refractivity (Wildman–Crippen MR) is 54.1 cm³/mol. The lowest BCUT2D eigenvalue weighted by molar-refractivity contribution is 0.335. The Bertz CT molecular complexity index is 374. The molecule has 2 heteroatoms. The van der Waals surface area contributed by atoms with Crippen molar-refractivity contribution in [2.75, 3.05) is 6.61 Å². The second-order valence-electron chi connectivity index (χ2n) is 3.62. The molecule has 0 spiro atoms. The Morgan fingerprint density at radius 3 is 2.71 bits per heavy atom. The minimum Gasteiger partial charge on any atom is -0.494 e. The summed E-state index contributed by atoms with van der Waals surface area (Å²) in [6, 6.07) is 10.2. The molecule has 0 amide bonds. The number of ether oxygens (including phenoxy) is 1. The Balaban J connectivity index is 2.38. The maximum absolute atomic E-state index is 9.10. The number of nitriles is 1. The van der Waals surface area contributed by atoms with Crippen molar-refractivity contribution in [2.45, 2.75) is 25.2 Å². The molecule has 0 radical (unpaired) electrons. The summed E-state index contributed by atoms with van der Waals surface area (Å²) in [5, 5.41) is 9.10. The molecule has 14 heavy (non-hydrogen) atoms. The summed E-state index contributed by atoms with van der Waals surface area (Å²) < 4.78 is 5.51. The summed E-state index contributed by atoms with van der Waals surface area (Å²) in [6.45, 7) is 2.61. The van der Waals surface area contributed by atoms with Crippen LogP contribution in [-0.2, 0) is 5.41 Å². The second-order valence-corrected chi connectivity index (χ2v) is 3.62. The van der Waals surface area contributed by atoms with Crippen LogP contribution < -0.4 is 4.74 Å². The van der Waals surface area contributed by atoms with Crippen molar-refractivity contribution in [3.8, 4) is 11.8 Å². The Kier molecular flexibility index (Phi) is 2.17. The van der Waals surface area contributed by atoms with Crippen molar-refractivity contribution >= 4 is 0 Å². The van der Waals surface area contributed by atoms with Crippen molar-refractivity contribution in [1.82, 2.24) is 0 Å². The molecule has 72 valence electrons. The lowest BCUT2D eigenvalue weighted by atomic mass is 9.97. The van der Waals surface area contributed by atoms with E-state index in [1.807, 2.05) is 31.2 Å². The molecule has 0 aliphatic heterocycles. The minimum absolute atomic E-state index is 0.244. The molecule has 0 unspecified atom stereocenters. The first kappa shape index (κ1) is 9.08. The van der Waals surface area contributed by atoms with E-state index < -0.39 is 0 Å². The lowest BCUT2D eigenvalue weighted by Gasteiger charge is -2.12. The highest BCUT2D eigenvalue weighted by Gasteiger charge is 2.46. The van der Waals surface area contributed by atoms with Crippen LogP contribution in [0.5, 0.6) is 5.75 Å². The monoisotopic (exact) mass is 187 g/mol. The van der Waals surface area contributed by atoms with Gasteiger partial charge in [-0.1, -0.05) is 18.2 Å². The molecule has 0 bridgehead atoms. The molecule has 1 aliphatic carbocycles. The maximum Gasteiger partial charge on any atom is 0.124 e. The SMILES string of the molecule is CCOc1ccccc1C1(C#N)CC1. The number of nitrogens with zero attached hydrogens (tertiary/aromatic N) is 1. The van der Waals surface area contributed by atoms with Gasteiger partial charge in [-0.25, -0.2) is 0 Å².